The van der Waals surface area contributed by atoms with Crippen LogP contribution in [0.25, 0.3) is 98.8 Å². The van der Waals surface area contributed by atoms with Crippen molar-refractivity contribution in [1.82, 2.24) is 0 Å². The largest absolute Gasteiger partial charge is 0.456 e. The van der Waals surface area contributed by atoms with Crippen LogP contribution in [0.3, 0.4) is 0 Å². The van der Waals surface area contributed by atoms with Crippen molar-refractivity contribution in [1.29, 1.82) is 0 Å². The Labute approximate surface area is 264 Å². The zero-order valence-electron chi connectivity index (χ0n) is 24.8. The summed E-state index contributed by atoms with van der Waals surface area (Å²) in [5.74, 6) is 0. The lowest BCUT2D eigenvalue weighted by Crippen LogP contribution is -1.91. The normalized spacial score (nSPS) is 11.9. The van der Waals surface area contributed by atoms with Gasteiger partial charge in [0.2, 0.25) is 0 Å². The van der Waals surface area contributed by atoms with E-state index in [9.17, 15) is 0 Å². The van der Waals surface area contributed by atoms with Gasteiger partial charge in [0, 0.05) is 21.5 Å². The lowest BCUT2D eigenvalue weighted by atomic mass is 9.85. The summed E-state index contributed by atoms with van der Waals surface area (Å²) in [4.78, 5) is 0. The van der Waals surface area contributed by atoms with Gasteiger partial charge in [0.25, 0.3) is 0 Å². The fourth-order valence-electron chi connectivity index (χ4n) is 7.36. The van der Waals surface area contributed by atoms with E-state index >= 15 is 0 Å². The molecule has 0 saturated heterocycles. The molecule has 0 amide bonds. The standard InChI is InChI=1S/C44H26O2/c1-2-10-27(11-3-1)28-18-20-29(21-19-28)43-33-13-4-6-15-35(33)44(36-16-7-5-14-34(36)43)30-22-23-32-38-26-41-37(25-42(38)46-40(32)24-30)31-12-8-9-17-39(31)45-41/h1-26H. The number of para-hydroxylation sites is 1. The number of rotatable bonds is 3. The minimum atomic E-state index is 0.871. The van der Waals surface area contributed by atoms with Gasteiger partial charge in [-0.2, -0.15) is 0 Å². The van der Waals surface area contributed by atoms with Crippen molar-refractivity contribution in [2.45, 2.75) is 0 Å². The van der Waals surface area contributed by atoms with Crippen LogP contribution < -0.4 is 0 Å². The Morgan fingerprint density at radius 2 is 0.652 bits per heavy atom. The van der Waals surface area contributed by atoms with Crippen molar-refractivity contribution in [2.75, 3.05) is 0 Å². The Kier molecular flexibility index (Phi) is 5.31. The Balaban J connectivity index is 1.18. The Morgan fingerprint density at radius 3 is 1.28 bits per heavy atom. The average Bonchev–Trinajstić information content (AvgIpc) is 3.66. The van der Waals surface area contributed by atoms with E-state index in [-0.39, 0.29) is 0 Å². The van der Waals surface area contributed by atoms with Crippen LogP contribution in [0.4, 0.5) is 0 Å². The van der Waals surface area contributed by atoms with Gasteiger partial charge >= 0.3 is 0 Å². The van der Waals surface area contributed by atoms with E-state index in [4.69, 9.17) is 8.83 Å². The zero-order valence-corrected chi connectivity index (χ0v) is 24.8. The molecule has 0 aliphatic carbocycles. The van der Waals surface area contributed by atoms with Crippen LogP contribution >= 0.6 is 0 Å². The molecule has 214 valence electrons. The van der Waals surface area contributed by atoms with Gasteiger partial charge in [-0.1, -0.05) is 127 Å². The second-order valence-corrected chi connectivity index (χ2v) is 12.0. The summed E-state index contributed by atoms with van der Waals surface area (Å²) >= 11 is 0. The summed E-state index contributed by atoms with van der Waals surface area (Å²) < 4.78 is 12.8. The first-order valence-corrected chi connectivity index (χ1v) is 15.7. The molecule has 46 heavy (non-hydrogen) atoms. The maximum Gasteiger partial charge on any atom is 0.136 e. The quantitative estimate of drug-likeness (QED) is 0.193. The van der Waals surface area contributed by atoms with E-state index < -0.39 is 0 Å². The van der Waals surface area contributed by atoms with Crippen molar-refractivity contribution < 1.29 is 8.83 Å². The number of hydrogen-bond acceptors (Lipinski definition) is 2. The van der Waals surface area contributed by atoms with Crippen molar-refractivity contribution in [2.24, 2.45) is 0 Å². The maximum absolute atomic E-state index is 6.56. The predicted octanol–water partition coefficient (Wildman–Crippen LogP) is 12.8. The van der Waals surface area contributed by atoms with Crippen LogP contribution in [0.1, 0.15) is 0 Å². The van der Waals surface area contributed by atoms with E-state index in [0.29, 0.717) is 0 Å². The fourth-order valence-corrected chi connectivity index (χ4v) is 7.36. The number of benzene rings is 8. The first-order valence-electron chi connectivity index (χ1n) is 15.7. The molecule has 0 N–H and O–H groups in total. The van der Waals surface area contributed by atoms with Gasteiger partial charge < -0.3 is 8.83 Å². The molecule has 0 radical (unpaired) electrons. The molecular formula is C44H26O2. The van der Waals surface area contributed by atoms with Crippen LogP contribution in [0.15, 0.2) is 167 Å². The topological polar surface area (TPSA) is 26.3 Å². The second kappa shape index (κ2) is 9.69. The summed E-state index contributed by atoms with van der Waals surface area (Å²) in [5.41, 5.74) is 10.8. The minimum Gasteiger partial charge on any atom is -0.456 e. The third-order valence-corrected chi connectivity index (χ3v) is 9.47. The Hall–Kier alpha value is -6.12. The van der Waals surface area contributed by atoms with Gasteiger partial charge in [-0.15, -0.1) is 0 Å². The second-order valence-electron chi connectivity index (χ2n) is 12.0. The molecule has 10 rings (SSSR count). The van der Waals surface area contributed by atoms with Crippen molar-refractivity contribution >= 4 is 65.4 Å². The molecule has 2 nitrogen and oxygen atoms in total. The molecule has 2 aromatic heterocycles. The molecule has 10 aromatic rings. The number of furan rings is 2. The van der Waals surface area contributed by atoms with Crippen LogP contribution in [0.5, 0.6) is 0 Å². The molecule has 0 spiro atoms. The fraction of sp³-hybridized carbons (Fsp3) is 0. The predicted molar refractivity (Wildman–Crippen MR) is 192 cm³/mol. The first-order chi connectivity index (χ1) is 22.8. The number of hydrogen-bond donors (Lipinski definition) is 0. The van der Waals surface area contributed by atoms with Gasteiger partial charge in [0.15, 0.2) is 0 Å². The lowest BCUT2D eigenvalue weighted by molar-refractivity contribution is 0.664. The van der Waals surface area contributed by atoms with Crippen molar-refractivity contribution in [3.8, 4) is 33.4 Å². The third kappa shape index (κ3) is 3.71. The zero-order chi connectivity index (χ0) is 30.2. The highest BCUT2D eigenvalue weighted by atomic mass is 16.3. The maximum atomic E-state index is 6.56. The Morgan fingerprint density at radius 1 is 0.239 bits per heavy atom. The molecule has 0 aliphatic heterocycles. The highest BCUT2D eigenvalue weighted by Gasteiger charge is 2.19. The van der Waals surface area contributed by atoms with Gasteiger partial charge in [-0.25, -0.2) is 0 Å². The molecule has 0 saturated carbocycles. The Bertz CT molecular complexity index is 2720. The van der Waals surface area contributed by atoms with Crippen LogP contribution in [-0.4, -0.2) is 0 Å². The van der Waals surface area contributed by atoms with Gasteiger partial charge in [0.1, 0.15) is 22.3 Å². The van der Waals surface area contributed by atoms with E-state index in [1.807, 2.05) is 18.2 Å². The van der Waals surface area contributed by atoms with Gasteiger partial charge in [-0.05, 0) is 85.3 Å². The summed E-state index contributed by atoms with van der Waals surface area (Å²) in [6, 6.07) is 56.2. The summed E-state index contributed by atoms with van der Waals surface area (Å²) in [7, 11) is 0. The summed E-state index contributed by atoms with van der Waals surface area (Å²) in [5, 5.41) is 9.26. The van der Waals surface area contributed by atoms with E-state index in [1.54, 1.807) is 0 Å². The SMILES string of the molecule is c1ccc(-c2ccc(-c3c4ccccc4c(-c4ccc5c(c4)oc4cc6c(cc45)oc4ccccc46)c4ccccc34)cc2)cc1. The molecule has 0 bridgehead atoms. The monoisotopic (exact) mass is 586 g/mol. The molecule has 0 fully saturated rings. The van der Waals surface area contributed by atoms with E-state index in [1.165, 1.54) is 49.4 Å². The van der Waals surface area contributed by atoms with Gasteiger partial charge in [-0.3, -0.25) is 0 Å². The summed E-state index contributed by atoms with van der Waals surface area (Å²) in [6.45, 7) is 0. The molecule has 2 heterocycles. The average molecular weight is 587 g/mol. The van der Waals surface area contributed by atoms with E-state index in [2.05, 4.69) is 140 Å². The van der Waals surface area contributed by atoms with Crippen LogP contribution in [-0.2, 0) is 0 Å². The smallest absolute Gasteiger partial charge is 0.136 e. The first kappa shape index (κ1) is 25.2. The highest BCUT2D eigenvalue weighted by molar-refractivity contribution is 6.22. The molecule has 0 aliphatic rings. The minimum absolute atomic E-state index is 0.871. The molecular weight excluding hydrogens is 560 g/mol. The van der Waals surface area contributed by atoms with E-state index in [0.717, 1.165) is 49.4 Å². The van der Waals surface area contributed by atoms with Crippen molar-refractivity contribution in [3.63, 3.8) is 0 Å². The molecule has 8 aromatic carbocycles. The number of fused-ring (bicyclic) bond motifs is 8. The highest BCUT2D eigenvalue weighted by Crippen LogP contribution is 2.45. The third-order valence-electron chi connectivity index (χ3n) is 9.47. The van der Waals surface area contributed by atoms with Crippen molar-refractivity contribution in [3.05, 3.63) is 158 Å². The summed E-state index contributed by atoms with van der Waals surface area (Å²) in [6.07, 6.45) is 0. The molecule has 2 heteroatoms. The lowest BCUT2D eigenvalue weighted by Gasteiger charge is -2.18. The van der Waals surface area contributed by atoms with Gasteiger partial charge in [0.05, 0.1) is 0 Å². The molecule has 0 atom stereocenters. The van der Waals surface area contributed by atoms with Crippen LogP contribution in [0, 0.1) is 0 Å². The molecule has 0 unspecified atom stereocenters. The van der Waals surface area contributed by atoms with Crippen LogP contribution in [0.2, 0.25) is 0 Å².